The standard InChI is InChI=1S/C17H20FN3O4/c1-17(25-2)13-7-12(22)8-14(17)20-16(15(13)21(23)24)19-9-10-3-5-11(18)6-4-10/h3-6,13-14,19-20H,7-9H2,1-2H3. The molecule has 2 bridgehead atoms. The van der Waals surface area contributed by atoms with Crippen LogP contribution in [0.25, 0.3) is 0 Å². The maximum absolute atomic E-state index is 13.0. The van der Waals surface area contributed by atoms with Gasteiger partial charge in [0.05, 0.1) is 22.5 Å². The van der Waals surface area contributed by atoms with Crippen molar-refractivity contribution >= 4 is 5.78 Å². The number of halogens is 1. The first-order valence-electron chi connectivity index (χ1n) is 8.05. The van der Waals surface area contributed by atoms with Gasteiger partial charge in [0.25, 0.3) is 5.70 Å². The zero-order chi connectivity index (χ0) is 18.2. The van der Waals surface area contributed by atoms with Crippen molar-refractivity contribution in [3.05, 3.63) is 57.3 Å². The lowest BCUT2D eigenvalue weighted by molar-refractivity contribution is -0.443. The second-order valence-corrected chi connectivity index (χ2v) is 6.58. The Morgan fingerprint density at radius 2 is 2.08 bits per heavy atom. The van der Waals surface area contributed by atoms with Crippen molar-refractivity contribution in [2.24, 2.45) is 5.92 Å². The summed E-state index contributed by atoms with van der Waals surface area (Å²) in [5.41, 5.74) is -0.104. The van der Waals surface area contributed by atoms with Gasteiger partial charge in [0.2, 0.25) is 0 Å². The molecule has 25 heavy (non-hydrogen) atoms. The van der Waals surface area contributed by atoms with Crippen LogP contribution in [0.3, 0.4) is 0 Å². The molecule has 8 heteroatoms. The van der Waals surface area contributed by atoms with Crippen molar-refractivity contribution in [2.75, 3.05) is 7.11 Å². The molecule has 3 atom stereocenters. The van der Waals surface area contributed by atoms with Gasteiger partial charge in [-0.25, -0.2) is 4.39 Å². The van der Waals surface area contributed by atoms with Crippen LogP contribution in [0.4, 0.5) is 4.39 Å². The topological polar surface area (TPSA) is 93.5 Å². The molecule has 0 amide bonds. The van der Waals surface area contributed by atoms with Gasteiger partial charge in [-0.2, -0.15) is 0 Å². The van der Waals surface area contributed by atoms with E-state index in [0.29, 0.717) is 12.4 Å². The molecule has 0 radical (unpaired) electrons. The molecule has 1 aliphatic heterocycles. The number of ketones is 1. The third-order valence-electron chi connectivity index (χ3n) is 5.17. The predicted octanol–water partition coefficient (Wildman–Crippen LogP) is 1.72. The van der Waals surface area contributed by atoms with E-state index in [-0.39, 0.29) is 36.2 Å². The number of fused-ring (bicyclic) bond motifs is 2. The number of nitrogens with zero attached hydrogens (tertiary/aromatic N) is 1. The third-order valence-corrected chi connectivity index (χ3v) is 5.17. The average molecular weight is 349 g/mol. The highest BCUT2D eigenvalue weighted by Crippen LogP contribution is 2.43. The number of methoxy groups -OCH3 is 1. The molecule has 7 nitrogen and oxygen atoms in total. The smallest absolute Gasteiger partial charge is 0.292 e. The number of rotatable bonds is 5. The summed E-state index contributed by atoms with van der Waals surface area (Å²) >= 11 is 0. The number of ether oxygens (including phenoxy) is 1. The highest BCUT2D eigenvalue weighted by Gasteiger charge is 2.57. The molecule has 2 N–H and O–H groups in total. The van der Waals surface area contributed by atoms with Crippen molar-refractivity contribution in [3.8, 4) is 0 Å². The van der Waals surface area contributed by atoms with E-state index >= 15 is 0 Å². The number of hydrogen-bond acceptors (Lipinski definition) is 6. The Hall–Kier alpha value is -2.48. The Morgan fingerprint density at radius 1 is 1.40 bits per heavy atom. The molecule has 3 rings (SSSR count). The zero-order valence-electron chi connectivity index (χ0n) is 14.0. The van der Waals surface area contributed by atoms with Crippen molar-refractivity contribution in [2.45, 2.75) is 38.0 Å². The fourth-order valence-electron chi connectivity index (χ4n) is 3.61. The highest BCUT2D eigenvalue weighted by atomic mass is 19.1. The summed E-state index contributed by atoms with van der Waals surface area (Å²) < 4.78 is 18.6. The second kappa shape index (κ2) is 6.44. The summed E-state index contributed by atoms with van der Waals surface area (Å²) in [4.78, 5) is 23.2. The Balaban J connectivity index is 1.91. The Labute approximate surface area is 144 Å². The molecule has 1 saturated carbocycles. The lowest BCUT2D eigenvalue weighted by Crippen LogP contribution is -2.64. The summed E-state index contributed by atoms with van der Waals surface area (Å²) in [7, 11) is 1.51. The number of nitro groups is 1. The molecule has 3 unspecified atom stereocenters. The van der Waals surface area contributed by atoms with E-state index < -0.39 is 16.4 Å². The van der Waals surface area contributed by atoms with Crippen LogP contribution in [0.1, 0.15) is 25.3 Å². The van der Waals surface area contributed by atoms with E-state index in [4.69, 9.17) is 4.74 Å². The SMILES string of the molecule is COC1(C)C2CC(=O)CC1C([N+](=O)[O-])=C(NCc1ccc(F)cc1)N2. The number of carbonyl (C=O) groups is 1. The van der Waals surface area contributed by atoms with Crippen LogP contribution in [-0.2, 0) is 16.1 Å². The van der Waals surface area contributed by atoms with Gasteiger partial charge in [-0.05, 0) is 24.6 Å². The molecule has 1 heterocycles. The molecule has 0 aromatic heterocycles. The summed E-state index contributed by atoms with van der Waals surface area (Å²) in [5.74, 6) is -0.690. The largest absolute Gasteiger partial charge is 0.375 e. The molecule has 0 spiro atoms. The molecule has 2 aliphatic rings. The van der Waals surface area contributed by atoms with Gasteiger partial charge in [0.15, 0.2) is 5.82 Å². The molecular weight excluding hydrogens is 329 g/mol. The van der Waals surface area contributed by atoms with Crippen molar-refractivity contribution in [1.82, 2.24) is 10.6 Å². The van der Waals surface area contributed by atoms with E-state index in [9.17, 15) is 19.3 Å². The van der Waals surface area contributed by atoms with Crippen LogP contribution in [0, 0.1) is 21.8 Å². The molecule has 1 aromatic rings. The Bertz CT molecular complexity index is 734. The molecule has 1 fully saturated rings. The lowest BCUT2D eigenvalue weighted by atomic mass is 9.69. The zero-order valence-corrected chi connectivity index (χ0v) is 14.0. The van der Waals surface area contributed by atoms with Gasteiger partial charge in [0, 0.05) is 26.5 Å². The molecule has 1 aromatic carbocycles. The van der Waals surface area contributed by atoms with Gasteiger partial charge in [-0.1, -0.05) is 12.1 Å². The monoisotopic (exact) mass is 349 g/mol. The van der Waals surface area contributed by atoms with Gasteiger partial charge < -0.3 is 15.4 Å². The fraction of sp³-hybridized carbons (Fsp3) is 0.471. The van der Waals surface area contributed by atoms with Gasteiger partial charge in [0.1, 0.15) is 11.6 Å². The van der Waals surface area contributed by atoms with Crippen LogP contribution in [0.5, 0.6) is 0 Å². The highest BCUT2D eigenvalue weighted by molar-refractivity contribution is 5.81. The van der Waals surface area contributed by atoms with Crippen LogP contribution >= 0.6 is 0 Å². The van der Waals surface area contributed by atoms with Crippen LogP contribution in [-0.4, -0.2) is 29.5 Å². The minimum absolute atomic E-state index is 0.0195. The first-order valence-corrected chi connectivity index (χ1v) is 8.05. The van der Waals surface area contributed by atoms with Crippen LogP contribution < -0.4 is 10.6 Å². The minimum atomic E-state index is -0.822. The van der Waals surface area contributed by atoms with Crippen molar-refractivity contribution < 1.29 is 18.8 Å². The third kappa shape index (κ3) is 3.09. The first-order chi connectivity index (χ1) is 11.8. The van der Waals surface area contributed by atoms with E-state index in [1.54, 1.807) is 19.1 Å². The molecule has 134 valence electrons. The normalized spacial score (nSPS) is 28.5. The number of Topliss-reactive ketones (excluding diaryl/α,β-unsaturated/α-hetero) is 1. The second-order valence-electron chi connectivity index (χ2n) is 6.58. The molecular formula is C17H20FN3O4. The van der Waals surface area contributed by atoms with Crippen molar-refractivity contribution in [3.63, 3.8) is 0 Å². The summed E-state index contributed by atoms with van der Waals surface area (Å²) in [6, 6.07) is 5.55. The summed E-state index contributed by atoms with van der Waals surface area (Å²) in [6.07, 6.45) is 0.341. The van der Waals surface area contributed by atoms with E-state index in [1.165, 1.54) is 19.2 Å². The van der Waals surface area contributed by atoms with Crippen LogP contribution in [0.2, 0.25) is 0 Å². The fourth-order valence-corrected chi connectivity index (χ4v) is 3.61. The number of nitrogens with one attached hydrogen (secondary N) is 2. The molecule has 0 saturated heterocycles. The molecule has 1 aliphatic carbocycles. The Kier molecular flexibility index (Phi) is 4.47. The number of hydrogen-bond donors (Lipinski definition) is 2. The maximum atomic E-state index is 13.0. The van der Waals surface area contributed by atoms with E-state index in [1.807, 2.05) is 0 Å². The van der Waals surface area contributed by atoms with E-state index in [2.05, 4.69) is 10.6 Å². The van der Waals surface area contributed by atoms with Gasteiger partial charge >= 0.3 is 0 Å². The average Bonchev–Trinajstić information content (AvgIpc) is 2.56. The maximum Gasteiger partial charge on any atom is 0.292 e. The number of benzene rings is 1. The first kappa shape index (κ1) is 17.3. The number of carbonyl (C=O) groups excluding carboxylic acids is 1. The quantitative estimate of drug-likeness (QED) is 0.621. The van der Waals surface area contributed by atoms with Crippen LogP contribution in [0.15, 0.2) is 35.8 Å². The van der Waals surface area contributed by atoms with Gasteiger partial charge in [-0.3, -0.25) is 14.9 Å². The minimum Gasteiger partial charge on any atom is -0.375 e. The summed E-state index contributed by atoms with van der Waals surface area (Å²) in [5, 5.41) is 17.8. The van der Waals surface area contributed by atoms with E-state index in [0.717, 1.165) is 5.56 Å². The predicted molar refractivity (Wildman–Crippen MR) is 87.3 cm³/mol. The Morgan fingerprint density at radius 3 is 2.68 bits per heavy atom. The van der Waals surface area contributed by atoms with Gasteiger partial charge in [-0.15, -0.1) is 0 Å². The van der Waals surface area contributed by atoms with Crippen molar-refractivity contribution in [1.29, 1.82) is 0 Å². The lowest BCUT2D eigenvalue weighted by Gasteiger charge is -2.48. The summed E-state index contributed by atoms with van der Waals surface area (Å²) in [6.45, 7) is 2.10.